The number of amides is 1. The second-order valence-electron chi connectivity index (χ2n) is 9.81. The largest absolute Gasteiger partial charge is 0.481 e. The molecule has 1 aliphatic heterocycles. The Morgan fingerprint density at radius 3 is 2.45 bits per heavy atom. The summed E-state index contributed by atoms with van der Waals surface area (Å²) in [6, 6.07) is 17.5. The first kappa shape index (κ1) is 23.3. The summed E-state index contributed by atoms with van der Waals surface area (Å²) in [6.45, 7) is 8.59. The topological polar surface area (TPSA) is 66.8 Å². The van der Waals surface area contributed by atoms with Crippen LogP contribution in [0.1, 0.15) is 50.0 Å². The van der Waals surface area contributed by atoms with E-state index in [4.69, 9.17) is 16.3 Å². The van der Waals surface area contributed by atoms with E-state index in [-0.39, 0.29) is 11.3 Å². The van der Waals surface area contributed by atoms with Crippen molar-refractivity contribution < 1.29 is 19.4 Å². The highest BCUT2D eigenvalue weighted by atomic mass is 35.5. The molecule has 3 aromatic carbocycles. The van der Waals surface area contributed by atoms with Crippen LogP contribution >= 0.6 is 11.6 Å². The highest BCUT2D eigenvalue weighted by Gasteiger charge is 2.39. The summed E-state index contributed by atoms with van der Waals surface area (Å²) < 4.78 is 6.36. The predicted octanol–water partition coefficient (Wildman–Crippen LogP) is 6.14. The number of hydrogen-bond acceptors (Lipinski definition) is 3. The molecule has 1 aliphatic rings. The molecule has 1 amide bonds. The molecule has 1 heterocycles. The average molecular weight is 466 g/mol. The molecule has 0 aromatic heterocycles. The minimum Gasteiger partial charge on any atom is -0.481 e. The SMILES string of the molecule is Cc1cccc2c([C@H]3O[C@H](CC(=O)O)C(=O)N(CC(C)(C)C)c4ccc(Cl)cc43)cccc12. The number of ether oxygens (including phenoxy) is 1. The number of rotatable bonds is 4. The number of aliphatic carboxylic acids is 1. The van der Waals surface area contributed by atoms with Gasteiger partial charge >= 0.3 is 5.97 Å². The van der Waals surface area contributed by atoms with E-state index in [1.807, 2.05) is 70.2 Å². The fourth-order valence-electron chi connectivity index (χ4n) is 4.46. The molecule has 0 radical (unpaired) electrons. The fourth-order valence-corrected chi connectivity index (χ4v) is 4.64. The van der Waals surface area contributed by atoms with Crippen molar-refractivity contribution >= 4 is 39.9 Å². The summed E-state index contributed by atoms with van der Waals surface area (Å²) in [5.41, 5.74) is 3.24. The molecule has 6 heteroatoms. The minimum absolute atomic E-state index is 0.212. The average Bonchev–Trinajstić information content (AvgIpc) is 2.83. The molecule has 0 fully saturated rings. The molecule has 0 spiro atoms. The summed E-state index contributed by atoms with van der Waals surface area (Å²) in [5.74, 6) is -1.43. The number of anilines is 1. The normalized spacial score (nSPS) is 18.8. The van der Waals surface area contributed by atoms with Crippen LogP contribution in [0.15, 0.2) is 54.6 Å². The molecule has 0 saturated carbocycles. The highest BCUT2D eigenvalue weighted by molar-refractivity contribution is 6.30. The molecule has 4 rings (SSSR count). The second-order valence-corrected chi connectivity index (χ2v) is 10.2. The lowest BCUT2D eigenvalue weighted by Gasteiger charge is -2.31. The summed E-state index contributed by atoms with van der Waals surface area (Å²) in [6.07, 6.45) is -2.19. The van der Waals surface area contributed by atoms with E-state index in [1.54, 1.807) is 11.0 Å². The molecule has 1 N–H and O–H groups in total. The number of carbonyl (C=O) groups is 2. The van der Waals surface area contributed by atoms with Crippen molar-refractivity contribution in [3.63, 3.8) is 0 Å². The van der Waals surface area contributed by atoms with E-state index in [0.29, 0.717) is 17.3 Å². The standard InChI is InChI=1S/C27H28ClNO4/c1-16-7-5-9-19-18(16)8-6-10-20(19)25-21-13-17(28)11-12-22(21)29(15-27(2,3)4)26(32)23(33-25)14-24(30)31/h5-13,23,25H,14-15H2,1-4H3,(H,30,31)/t23-,25-/m1/s1. The molecule has 0 aliphatic carbocycles. The van der Waals surface area contributed by atoms with E-state index in [2.05, 4.69) is 6.07 Å². The number of benzene rings is 3. The van der Waals surface area contributed by atoms with Crippen LogP contribution in [0.5, 0.6) is 0 Å². The smallest absolute Gasteiger partial charge is 0.306 e. The van der Waals surface area contributed by atoms with Crippen molar-refractivity contribution in [2.24, 2.45) is 5.41 Å². The van der Waals surface area contributed by atoms with Gasteiger partial charge < -0.3 is 14.7 Å². The molecular weight excluding hydrogens is 438 g/mol. The third kappa shape index (κ3) is 4.75. The van der Waals surface area contributed by atoms with Crippen LogP contribution in [0.4, 0.5) is 5.69 Å². The van der Waals surface area contributed by atoms with Crippen LogP contribution in [-0.4, -0.2) is 29.6 Å². The number of hydrogen-bond donors (Lipinski definition) is 1. The summed E-state index contributed by atoms with van der Waals surface area (Å²) in [4.78, 5) is 26.9. The molecular formula is C27H28ClNO4. The number of carbonyl (C=O) groups excluding carboxylic acids is 1. The number of halogens is 1. The Kier molecular flexibility index (Phi) is 6.21. The van der Waals surface area contributed by atoms with Gasteiger partial charge in [0, 0.05) is 22.8 Å². The van der Waals surface area contributed by atoms with Gasteiger partial charge in [0.05, 0.1) is 6.42 Å². The van der Waals surface area contributed by atoms with Gasteiger partial charge in [-0.3, -0.25) is 9.59 Å². The van der Waals surface area contributed by atoms with E-state index in [1.165, 1.54) is 0 Å². The first-order chi connectivity index (χ1) is 15.5. The van der Waals surface area contributed by atoms with E-state index in [9.17, 15) is 14.7 Å². The molecule has 5 nitrogen and oxygen atoms in total. The molecule has 172 valence electrons. The Bertz CT molecular complexity index is 1230. The summed E-state index contributed by atoms with van der Waals surface area (Å²) >= 11 is 6.41. The van der Waals surface area contributed by atoms with Gasteiger partial charge in [-0.2, -0.15) is 0 Å². The summed E-state index contributed by atoms with van der Waals surface area (Å²) in [5, 5.41) is 12.2. The molecule has 0 bridgehead atoms. The van der Waals surface area contributed by atoms with Crippen molar-refractivity contribution in [2.45, 2.75) is 46.3 Å². The van der Waals surface area contributed by atoms with E-state index in [0.717, 1.165) is 27.5 Å². The monoisotopic (exact) mass is 465 g/mol. The number of aryl methyl sites for hydroxylation is 1. The third-order valence-corrected chi connectivity index (χ3v) is 6.09. The number of carboxylic acid groups (broad SMARTS) is 1. The van der Waals surface area contributed by atoms with Gasteiger partial charge in [0.2, 0.25) is 0 Å². The van der Waals surface area contributed by atoms with Crippen LogP contribution in [0.25, 0.3) is 10.8 Å². The van der Waals surface area contributed by atoms with Gasteiger partial charge in [-0.25, -0.2) is 0 Å². The van der Waals surface area contributed by atoms with Gasteiger partial charge in [-0.15, -0.1) is 0 Å². The quantitative estimate of drug-likeness (QED) is 0.502. The van der Waals surface area contributed by atoms with Gasteiger partial charge in [0.25, 0.3) is 5.91 Å². The fraction of sp³-hybridized carbons (Fsp3) is 0.333. The lowest BCUT2D eigenvalue weighted by atomic mass is 9.92. The maximum atomic E-state index is 13.6. The van der Waals surface area contributed by atoms with Crippen LogP contribution in [0.2, 0.25) is 5.02 Å². The molecule has 33 heavy (non-hydrogen) atoms. The maximum Gasteiger partial charge on any atom is 0.306 e. The van der Waals surface area contributed by atoms with Crippen LogP contribution < -0.4 is 4.90 Å². The number of carboxylic acids is 1. The molecule has 0 unspecified atom stereocenters. The van der Waals surface area contributed by atoms with Crippen molar-refractivity contribution in [3.8, 4) is 0 Å². The number of fused-ring (bicyclic) bond motifs is 2. The predicted molar refractivity (Wildman–Crippen MR) is 131 cm³/mol. The minimum atomic E-state index is -1.12. The van der Waals surface area contributed by atoms with E-state index < -0.39 is 24.6 Å². The van der Waals surface area contributed by atoms with Gasteiger partial charge in [-0.05, 0) is 52.4 Å². The summed E-state index contributed by atoms with van der Waals surface area (Å²) in [7, 11) is 0. The van der Waals surface area contributed by atoms with Gasteiger partial charge in [0.1, 0.15) is 12.2 Å². The first-order valence-corrected chi connectivity index (χ1v) is 11.4. The molecule has 2 atom stereocenters. The van der Waals surface area contributed by atoms with Crippen molar-refractivity contribution in [1.82, 2.24) is 0 Å². The lowest BCUT2D eigenvalue weighted by molar-refractivity contribution is -0.147. The third-order valence-electron chi connectivity index (χ3n) is 5.85. The Morgan fingerprint density at radius 1 is 1.06 bits per heavy atom. The number of nitrogens with zero attached hydrogens (tertiary/aromatic N) is 1. The Labute approximate surface area is 198 Å². The van der Waals surface area contributed by atoms with Crippen LogP contribution in [-0.2, 0) is 14.3 Å². The Morgan fingerprint density at radius 2 is 1.76 bits per heavy atom. The highest BCUT2D eigenvalue weighted by Crippen LogP contribution is 2.43. The van der Waals surface area contributed by atoms with Crippen molar-refractivity contribution in [2.75, 3.05) is 11.4 Å². The van der Waals surface area contributed by atoms with Gasteiger partial charge in [0.15, 0.2) is 0 Å². The van der Waals surface area contributed by atoms with Crippen LogP contribution in [0, 0.1) is 12.3 Å². The Hall–Kier alpha value is -2.89. The molecule has 0 saturated heterocycles. The zero-order valence-electron chi connectivity index (χ0n) is 19.3. The lowest BCUT2D eigenvalue weighted by Crippen LogP contribution is -2.44. The van der Waals surface area contributed by atoms with E-state index >= 15 is 0 Å². The Balaban J connectivity index is 1.97. The zero-order chi connectivity index (χ0) is 23.9. The van der Waals surface area contributed by atoms with Crippen molar-refractivity contribution in [3.05, 3.63) is 76.3 Å². The van der Waals surface area contributed by atoms with Crippen molar-refractivity contribution in [1.29, 1.82) is 0 Å². The maximum absolute atomic E-state index is 13.6. The first-order valence-electron chi connectivity index (χ1n) is 11.0. The van der Waals surface area contributed by atoms with Gasteiger partial charge in [-0.1, -0.05) is 68.8 Å². The zero-order valence-corrected chi connectivity index (χ0v) is 20.0. The van der Waals surface area contributed by atoms with Crippen LogP contribution in [0.3, 0.4) is 0 Å². The second kappa shape index (κ2) is 8.81. The molecule has 3 aromatic rings.